The van der Waals surface area contributed by atoms with Gasteiger partial charge in [0.1, 0.15) is 6.07 Å². The molecule has 1 aromatic carbocycles. The van der Waals surface area contributed by atoms with E-state index >= 15 is 0 Å². The van der Waals surface area contributed by atoms with Gasteiger partial charge in [0.15, 0.2) is 5.82 Å². The Morgan fingerprint density at radius 1 is 1.53 bits per heavy atom. The summed E-state index contributed by atoms with van der Waals surface area (Å²) in [4.78, 5) is 2.41. The van der Waals surface area contributed by atoms with E-state index in [1.807, 2.05) is 6.07 Å². The maximum Gasteiger partial charge on any atom is 0.161 e. The number of benzene rings is 1. The van der Waals surface area contributed by atoms with Gasteiger partial charge >= 0.3 is 0 Å². The standard InChI is InChI=1S/C14H17BrFN3/c1-2-19(11-4-5-11)8-7-18-12-6-3-10(9-17)13(15)14(12)16/h3,6,11,18H,2,4-5,7-8H2,1H3. The van der Waals surface area contributed by atoms with Crippen LogP contribution in [0.4, 0.5) is 10.1 Å². The number of nitrogens with one attached hydrogen (secondary N) is 1. The molecule has 1 fully saturated rings. The number of rotatable bonds is 6. The van der Waals surface area contributed by atoms with Crippen LogP contribution in [0.15, 0.2) is 16.6 Å². The molecule has 0 aromatic heterocycles. The van der Waals surface area contributed by atoms with Crippen molar-refractivity contribution >= 4 is 21.6 Å². The molecule has 1 saturated carbocycles. The third-order valence-electron chi connectivity index (χ3n) is 3.39. The highest BCUT2D eigenvalue weighted by molar-refractivity contribution is 9.10. The van der Waals surface area contributed by atoms with Crippen LogP contribution in [0.1, 0.15) is 25.3 Å². The zero-order valence-corrected chi connectivity index (χ0v) is 12.5. The fourth-order valence-corrected chi connectivity index (χ4v) is 2.58. The van der Waals surface area contributed by atoms with Gasteiger partial charge in [0.2, 0.25) is 0 Å². The van der Waals surface area contributed by atoms with Gasteiger partial charge in [0.25, 0.3) is 0 Å². The van der Waals surface area contributed by atoms with Gasteiger partial charge in [-0.25, -0.2) is 4.39 Å². The topological polar surface area (TPSA) is 39.1 Å². The molecule has 0 spiro atoms. The van der Waals surface area contributed by atoms with Crippen LogP contribution in [0.25, 0.3) is 0 Å². The molecule has 0 amide bonds. The number of hydrogen-bond donors (Lipinski definition) is 1. The fourth-order valence-electron chi connectivity index (χ4n) is 2.15. The highest BCUT2D eigenvalue weighted by Gasteiger charge is 2.27. The quantitative estimate of drug-likeness (QED) is 0.871. The summed E-state index contributed by atoms with van der Waals surface area (Å²) in [5, 5.41) is 11.9. The summed E-state index contributed by atoms with van der Waals surface area (Å²) in [7, 11) is 0. The summed E-state index contributed by atoms with van der Waals surface area (Å²) in [6, 6.07) is 5.91. The summed E-state index contributed by atoms with van der Waals surface area (Å²) < 4.78 is 14.2. The van der Waals surface area contributed by atoms with E-state index in [1.165, 1.54) is 12.8 Å². The first-order chi connectivity index (χ1) is 9.17. The third-order valence-corrected chi connectivity index (χ3v) is 4.16. The summed E-state index contributed by atoms with van der Waals surface area (Å²) >= 11 is 3.11. The Hall–Kier alpha value is -1.12. The fraction of sp³-hybridized carbons (Fsp3) is 0.500. The van der Waals surface area contributed by atoms with Gasteiger partial charge in [-0.05, 0) is 47.4 Å². The van der Waals surface area contributed by atoms with Crippen molar-refractivity contribution in [2.24, 2.45) is 0 Å². The van der Waals surface area contributed by atoms with Gasteiger partial charge in [-0.1, -0.05) is 6.92 Å². The first-order valence-electron chi connectivity index (χ1n) is 6.53. The molecule has 2 rings (SSSR count). The molecule has 5 heteroatoms. The predicted molar refractivity (Wildman–Crippen MR) is 77.6 cm³/mol. The van der Waals surface area contributed by atoms with Crippen molar-refractivity contribution in [2.75, 3.05) is 25.0 Å². The van der Waals surface area contributed by atoms with E-state index in [9.17, 15) is 4.39 Å². The molecule has 0 saturated heterocycles. The predicted octanol–water partition coefficient (Wildman–Crippen LogP) is 3.36. The molecule has 0 bridgehead atoms. The molecular formula is C14H17BrFN3. The lowest BCUT2D eigenvalue weighted by molar-refractivity contribution is 0.289. The van der Waals surface area contributed by atoms with E-state index in [4.69, 9.17) is 5.26 Å². The first kappa shape index (κ1) is 14.3. The minimum Gasteiger partial charge on any atom is -0.381 e. The number of anilines is 1. The number of hydrogen-bond acceptors (Lipinski definition) is 3. The van der Waals surface area contributed by atoms with Crippen molar-refractivity contribution in [3.8, 4) is 6.07 Å². The van der Waals surface area contributed by atoms with E-state index in [-0.39, 0.29) is 4.47 Å². The Labute approximate surface area is 121 Å². The molecule has 1 aliphatic carbocycles. The summed E-state index contributed by atoms with van der Waals surface area (Å²) in [6.07, 6.45) is 2.56. The molecule has 1 aliphatic rings. The maximum atomic E-state index is 14.0. The van der Waals surface area contributed by atoms with Gasteiger partial charge in [0.05, 0.1) is 15.7 Å². The Morgan fingerprint density at radius 3 is 2.84 bits per heavy atom. The van der Waals surface area contributed by atoms with E-state index in [1.54, 1.807) is 12.1 Å². The first-order valence-corrected chi connectivity index (χ1v) is 7.32. The molecule has 102 valence electrons. The number of nitrogens with zero attached hydrogens (tertiary/aromatic N) is 2. The van der Waals surface area contributed by atoms with Crippen LogP contribution >= 0.6 is 15.9 Å². The zero-order valence-electron chi connectivity index (χ0n) is 10.9. The number of halogens is 2. The lowest BCUT2D eigenvalue weighted by Gasteiger charge is -2.20. The molecule has 0 radical (unpaired) electrons. The minimum atomic E-state index is -0.395. The van der Waals surface area contributed by atoms with Crippen LogP contribution < -0.4 is 5.32 Å². The maximum absolute atomic E-state index is 14.0. The van der Waals surface area contributed by atoms with E-state index in [0.717, 1.165) is 19.1 Å². The summed E-state index contributed by atoms with van der Waals surface area (Å²) in [5.74, 6) is -0.395. The third kappa shape index (κ3) is 3.46. The summed E-state index contributed by atoms with van der Waals surface area (Å²) in [6.45, 7) is 4.81. The monoisotopic (exact) mass is 325 g/mol. The second-order valence-electron chi connectivity index (χ2n) is 4.69. The highest BCUT2D eigenvalue weighted by atomic mass is 79.9. The molecule has 0 atom stereocenters. The number of nitriles is 1. The number of likely N-dealkylation sites (N-methyl/N-ethyl adjacent to an activating group) is 1. The van der Waals surface area contributed by atoms with Crippen molar-refractivity contribution in [3.63, 3.8) is 0 Å². The normalized spacial score (nSPS) is 14.5. The van der Waals surface area contributed by atoms with Gasteiger partial charge in [-0.3, -0.25) is 4.90 Å². The van der Waals surface area contributed by atoms with E-state index in [0.29, 0.717) is 17.8 Å². The molecular weight excluding hydrogens is 309 g/mol. The van der Waals surface area contributed by atoms with Crippen molar-refractivity contribution in [1.29, 1.82) is 5.26 Å². The van der Waals surface area contributed by atoms with Crippen molar-refractivity contribution in [3.05, 3.63) is 28.0 Å². The molecule has 0 heterocycles. The van der Waals surface area contributed by atoms with Gasteiger partial charge in [-0.2, -0.15) is 5.26 Å². The Morgan fingerprint density at radius 2 is 2.26 bits per heavy atom. The van der Waals surface area contributed by atoms with Crippen LogP contribution in [-0.4, -0.2) is 30.6 Å². The summed E-state index contributed by atoms with van der Waals surface area (Å²) in [5.41, 5.74) is 0.758. The average molecular weight is 326 g/mol. The molecule has 0 aliphatic heterocycles. The van der Waals surface area contributed by atoms with E-state index in [2.05, 4.69) is 33.1 Å². The van der Waals surface area contributed by atoms with Crippen molar-refractivity contribution in [1.82, 2.24) is 4.90 Å². The molecule has 19 heavy (non-hydrogen) atoms. The molecule has 0 unspecified atom stereocenters. The lowest BCUT2D eigenvalue weighted by Crippen LogP contribution is -2.31. The van der Waals surface area contributed by atoms with E-state index < -0.39 is 5.82 Å². The van der Waals surface area contributed by atoms with Gasteiger partial charge in [-0.15, -0.1) is 0 Å². The van der Waals surface area contributed by atoms with Crippen LogP contribution in [0, 0.1) is 17.1 Å². The SMILES string of the molecule is CCN(CCNc1ccc(C#N)c(Br)c1F)C1CC1. The second-order valence-corrected chi connectivity index (χ2v) is 5.48. The minimum absolute atomic E-state index is 0.231. The van der Waals surface area contributed by atoms with Crippen molar-refractivity contribution in [2.45, 2.75) is 25.8 Å². The molecule has 3 nitrogen and oxygen atoms in total. The second kappa shape index (κ2) is 6.36. The largest absolute Gasteiger partial charge is 0.381 e. The van der Waals surface area contributed by atoms with Crippen LogP contribution in [0.5, 0.6) is 0 Å². The Balaban J connectivity index is 1.92. The highest BCUT2D eigenvalue weighted by Crippen LogP contribution is 2.27. The van der Waals surface area contributed by atoms with Gasteiger partial charge in [0, 0.05) is 19.1 Å². The van der Waals surface area contributed by atoms with Crippen molar-refractivity contribution < 1.29 is 4.39 Å². The Bertz CT molecular complexity index is 494. The zero-order chi connectivity index (χ0) is 13.8. The Kier molecular flexibility index (Phi) is 4.78. The van der Waals surface area contributed by atoms with Crippen LogP contribution in [0.3, 0.4) is 0 Å². The molecule has 1 N–H and O–H groups in total. The smallest absolute Gasteiger partial charge is 0.161 e. The van der Waals surface area contributed by atoms with Gasteiger partial charge < -0.3 is 5.32 Å². The lowest BCUT2D eigenvalue weighted by atomic mass is 10.2. The average Bonchev–Trinajstić information content (AvgIpc) is 3.24. The molecule has 1 aromatic rings. The van der Waals surface area contributed by atoms with Crippen LogP contribution in [-0.2, 0) is 0 Å². The van der Waals surface area contributed by atoms with Crippen LogP contribution in [0.2, 0.25) is 0 Å².